The summed E-state index contributed by atoms with van der Waals surface area (Å²) in [4.78, 5) is 44.6. The van der Waals surface area contributed by atoms with Crippen LogP contribution in [0.1, 0.15) is 43.5 Å². The minimum atomic E-state index is -0.732. The molecule has 0 aliphatic carbocycles. The largest absolute Gasteiger partial charge is 0.494 e. The molecule has 0 radical (unpaired) electrons. The van der Waals surface area contributed by atoms with E-state index in [0.717, 1.165) is 11.1 Å². The molecule has 46 heavy (non-hydrogen) atoms. The average Bonchev–Trinajstić information content (AvgIpc) is 3.35. The standard InChI is InChI=1S/C35H35N3O7S/c1-6-43-26-15-11-24(12-16-26)32-31(34(41)44-7-2)22(4)36-35-38(32)33(40)29(46-35)19-23-10-17-27(28(18-23)42-5)45-20-30(39)37-25-13-8-21(3)9-14-25/h8-19,32H,6-7,20H2,1-5H3,(H,37,39)/b29-19-/t32-/m1/s1. The fourth-order valence-corrected chi connectivity index (χ4v) is 6.09. The summed E-state index contributed by atoms with van der Waals surface area (Å²) >= 11 is 1.22. The molecule has 1 N–H and O–H groups in total. The number of hydrogen-bond donors (Lipinski definition) is 1. The Bertz CT molecular complexity index is 1960. The summed E-state index contributed by atoms with van der Waals surface area (Å²) in [5, 5.41) is 2.80. The smallest absolute Gasteiger partial charge is 0.338 e. The predicted molar refractivity (Wildman–Crippen MR) is 176 cm³/mol. The van der Waals surface area contributed by atoms with Crippen LogP contribution in [0.3, 0.4) is 0 Å². The summed E-state index contributed by atoms with van der Waals surface area (Å²) in [7, 11) is 1.50. The first kappa shape index (κ1) is 32.2. The summed E-state index contributed by atoms with van der Waals surface area (Å²) < 4.78 is 24.2. The number of allylic oxidation sites excluding steroid dienone is 1. The van der Waals surface area contributed by atoms with Crippen molar-refractivity contribution in [2.45, 2.75) is 33.7 Å². The van der Waals surface area contributed by atoms with E-state index in [2.05, 4.69) is 10.3 Å². The fraction of sp³-hybridized carbons (Fsp3) is 0.257. The number of hydrogen-bond acceptors (Lipinski definition) is 9. The maximum absolute atomic E-state index is 14.0. The van der Waals surface area contributed by atoms with E-state index in [1.165, 1.54) is 23.0 Å². The van der Waals surface area contributed by atoms with Gasteiger partial charge in [-0.3, -0.25) is 14.2 Å². The molecule has 4 aromatic rings. The zero-order valence-corrected chi connectivity index (χ0v) is 27.1. The molecule has 0 unspecified atom stereocenters. The quantitative estimate of drug-likeness (QED) is 0.239. The van der Waals surface area contributed by atoms with E-state index in [0.29, 0.717) is 55.7 Å². The van der Waals surface area contributed by atoms with E-state index in [-0.39, 0.29) is 24.7 Å². The summed E-state index contributed by atoms with van der Waals surface area (Å²) in [6.07, 6.45) is 1.73. The van der Waals surface area contributed by atoms with Gasteiger partial charge in [-0.05, 0) is 81.3 Å². The minimum Gasteiger partial charge on any atom is -0.494 e. The highest BCUT2D eigenvalue weighted by Crippen LogP contribution is 2.32. The first-order valence-electron chi connectivity index (χ1n) is 14.8. The number of methoxy groups -OCH3 is 1. The van der Waals surface area contributed by atoms with Crippen LogP contribution < -0.4 is 34.4 Å². The summed E-state index contributed by atoms with van der Waals surface area (Å²) in [5.41, 5.74) is 3.66. The second-order valence-corrected chi connectivity index (χ2v) is 11.4. The Labute approximate surface area is 270 Å². The molecule has 1 aliphatic heterocycles. The van der Waals surface area contributed by atoms with Gasteiger partial charge >= 0.3 is 5.97 Å². The first-order valence-corrected chi connectivity index (χ1v) is 15.6. The summed E-state index contributed by atoms with van der Waals surface area (Å²) in [6.45, 7) is 7.85. The number of ether oxygens (including phenoxy) is 4. The summed E-state index contributed by atoms with van der Waals surface area (Å²) in [6, 6.07) is 19.2. The first-order chi connectivity index (χ1) is 22.2. The third kappa shape index (κ3) is 7.05. The van der Waals surface area contributed by atoms with Gasteiger partial charge in [0.05, 0.1) is 42.2 Å². The van der Waals surface area contributed by atoms with Crippen molar-refractivity contribution in [3.8, 4) is 17.2 Å². The Kier molecular flexibility index (Phi) is 10.0. The van der Waals surface area contributed by atoms with Gasteiger partial charge in [0.15, 0.2) is 22.9 Å². The molecule has 5 rings (SSSR count). The monoisotopic (exact) mass is 641 g/mol. The van der Waals surface area contributed by atoms with Crippen LogP contribution in [-0.2, 0) is 14.3 Å². The molecule has 1 atom stereocenters. The fourth-order valence-electron chi connectivity index (χ4n) is 5.04. The third-order valence-corrected chi connectivity index (χ3v) is 8.19. The van der Waals surface area contributed by atoms with E-state index < -0.39 is 12.0 Å². The minimum absolute atomic E-state index is 0.189. The number of carbonyl (C=O) groups excluding carboxylic acids is 2. The molecule has 0 bridgehead atoms. The SMILES string of the molecule is CCOC(=O)C1=C(C)N=c2s/c(=C\c3ccc(OCC(=O)Nc4ccc(C)cc4)c(OC)c3)c(=O)n2[C@@H]1c1ccc(OCC)cc1. The molecule has 0 saturated carbocycles. The number of thiazole rings is 1. The lowest BCUT2D eigenvalue weighted by atomic mass is 9.96. The lowest BCUT2D eigenvalue weighted by Gasteiger charge is -2.24. The molecule has 1 aromatic heterocycles. The van der Waals surface area contributed by atoms with Gasteiger partial charge < -0.3 is 24.3 Å². The lowest BCUT2D eigenvalue weighted by molar-refractivity contribution is -0.139. The van der Waals surface area contributed by atoms with Crippen LogP contribution in [0.4, 0.5) is 5.69 Å². The van der Waals surface area contributed by atoms with Crippen molar-refractivity contribution in [1.82, 2.24) is 4.57 Å². The van der Waals surface area contributed by atoms with Gasteiger partial charge in [-0.2, -0.15) is 0 Å². The lowest BCUT2D eigenvalue weighted by Crippen LogP contribution is -2.39. The Morgan fingerprint density at radius 2 is 1.70 bits per heavy atom. The zero-order valence-electron chi connectivity index (χ0n) is 26.3. The van der Waals surface area contributed by atoms with Crippen LogP contribution >= 0.6 is 11.3 Å². The van der Waals surface area contributed by atoms with Gasteiger partial charge in [0, 0.05) is 5.69 Å². The number of fused-ring (bicyclic) bond motifs is 1. The number of esters is 1. The highest BCUT2D eigenvalue weighted by Gasteiger charge is 2.33. The molecule has 0 fully saturated rings. The Morgan fingerprint density at radius 3 is 2.37 bits per heavy atom. The van der Waals surface area contributed by atoms with Crippen molar-refractivity contribution in [1.29, 1.82) is 0 Å². The number of aryl methyl sites for hydroxylation is 1. The maximum Gasteiger partial charge on any atom is 0.338 e. The van der Waals surface area contributed by atoms with Crippen LogP contribution in [-0.4, -0.2) is 43.4 Å². The maximum atomic E-state index is 14.0. The number of amides is 1. The van der Waals surface area contributed by atoms with Gasteiger partial charge in [-0.25, -0.2) is 9.79 Å². The molecular weight excluding hydrogens is 606 g/mol. The number of anilines is 1. The molecule has 1 aliphatic rings. The van der Waals surface area contributed by atoms with E-state index >= 15 is 0 Å². The molecule has 11 heteroatoms. The average molecular weight is 642 g/mol. The number of rotatable bonds is 11. The molecule has 0 spiro atoms. The second-order valence-electron chi connectivity index (χ2n) is 10.4. The highest BCUT2D eigenvalue weighted by molar-refractivity contribution is 7.07. The van der Waals surface area contributed by atoms with Crippen molar-refractivity contribution >= 4 is 35.0 Å². The highest BCUT2D eigenvalue weighted by atomic mass is 32.1. The van der Waals surface area contributed by atoms with Gasteiger partial charge in [0.1, 0.15) is 5.75 Å². The van der Waals surface area contributed by atoms with Crippen molar-refractivity contribution in [2.75, 3.05) is 32.2 Å². The van der Waals surface area contributed by atoms with Crippen molar-refractivity contribution in [3.05, 3.63) is 114 Å². The number of nitrogens with one attached hydrogen (secondary N) is 1. The Hall–Kier alpha value is -5.16. The van der Waals surface area contributed by atoms with Crippen molar-refractivity contribution < 1.29 is 28.5 Å². The number of benzene rings is 3. The summed E-state index contributed by atoms with van der Waals surface area (Å²) in [5.74, 6) is 0.633. The van der Waals surface area contributed by atoms with Crippen LogP contribution in [0.25, 0.3) is 6.08 Å². The van der Waals surface area contributed by atoms with Gasteiger partial charge in [0.25, 0.3) is 11.5 Å². The van der Waals surface area contributed by atoms with E-state index in [9.17, 15) is 14.4 Å². The molecule has 238 valence electrons. The van der Waals surface area contributed by atoms with Gasteiger partial charge in [-0.15, -0.1) is 0 Å². The predicted octanol–water partition coefficient (Wildman–Crippen LogP) is 4.53. The molecule has 10 nitrogen and oxygen atoms in total. The molecule has 0 saturated heterocycles. The van der Waals surface area contributed by atoms with Crippen LogP contribution in [0.5, 0.6) is 17.2 Å². The van der Waals surface area contributed by atoms with Crippen LogP contribution in [0.2, 0.25) is 0 Å². The Balaban J connectivity index is 1.45. The number of carbonyl (C=O) groups is 2. The second kappa shape index (κ2) is 14.3. The molecule has 2 heterocycles. The number of nitrogens with zero attached hydrogens (tertiary/aromatic N) is 2. The van der Waals surface area contributed by atoms with Crippen LogP contribution in [0, 0.1) is 6.92 Å². The van der Waals surface area contributed by atoms with Crippen molar-refractivity contribution in [2.24, 2.45) is 4.99 Å². The molecule has 1 amide bonds. The molecule has 3 aromatic carbocycles. The zero-order chi connectivity index (χ0) is 32.8. The van der Waals surface area contributed by atoms with Crippen LogP contribution in [0.15, 0.2) is 87.8 Å². The normalized spacial score (nSPS) is 14.3. The van der Waals surface area contributed by atoms with Gasteiger partial charge in [0.2, 0.25) is 0 Å². The Morgan fingerprint density at radius 1 is 0.957 bits per heavy atom. The topological polar surface area (TPSA) is 117 Å². The van der Waals surface area contributed by atoms with E-state index in [1.54, 1.807) is 38.1 Å². The molecular formula is C35H35N3O7S. The van der Waals surface area contributed by atoms with E-state index in [1.807, 2.05) is 62.4 Å². The van der Waals surface area contributed by atoms with Gasteiger partial charge in [-0.1, -0.05) is 47.2 Å². The van der Waals surface area contributed by atoms with Crippen molar-refractivity contribution in [3.63, 3.8) is 0 Å². The third-order valence-electron chi connectivity index (χ3n) is 7.20. The number of aromatic nitrogens is 1. The van der Waals surface area contributed by atoms with E-state index in [4.69, 9.17) is 18.9 Å².